The maximum atomic E-state index is 11.8. The number of amides is 2. The van der Waals surface area contributed by atoms with Crippen LogP contribution >= 0.6 is 15.9 Å². The Morgan fingerprint density at radius 3 is 2.52 bits per heavy atom. The number of nitro groups is 1. The van der Waals surface area contributed by atoms with Crippen LogP contribution < -0.4 is 9.80 Å². The summed E-state index contributed by atoms with van der Waals surface area (Å²) in [5, 5.41) is 20.3. The van der Waals surface area contributed by atoms with Crippen molar-refractivity contribution in [3.05, 3.63) is 26.7 Å². The van der Waals surface area contributed by atoms with Crippen molar-refractivity contribution in [1.82, 2.24) is 0 Å². The highest BCUT2D eigenvalue weighted by Crippen LogP contribution is 2.42. The third kappa shape index (κ3) is 2.56. The van der Waals surface area contributed by atoms with Crippen molar-refractivity contribution in [2.75, 3.05) is 16.3 Å². The summed E-state index contributed by atoms with van der Waals surface area (Å²) in [5.74, 6) is -0.301. The fraction of sp³-hybridized carbons (Fsp3) is 0.333. The molecular weight excluding hydrogens is 346 g/mol. The lowest BCUT2D eigenvalue weighted by atomic mass is 10.1. The van der Waals surface area contributed by atoms with Crippen LogP contribution in [0.5, 0.6) is 0 Å². The molecule has 8 nitrogen and oxygen atoms in total. The predicted molar refractivity (Wildman–Crippen MR) is 78.8 cm³/mol. The molecule has 1 heterocycles. The number of fused-ring (bicyclic) bond motifs is 1. The molecule has 21 heavy (non-hydrogen) atoms. The number of carbonyl (C=O) groups excluding carboxylic acids is 1. The van der Waals surface area contributed by atoms with Crippen molar-refractivity contribution in [3.8, 4) is 0 Å². The maximum absolute atomic E-state index is 11.8. The number of hydrogen-bond donors (Lipinski definition) is 1. The molecule has 112 valence electrons. The van der Waals surface area contributed by atoms with E-state index in [4.69, 9.17) is 0 Å². The van der Waals surface area contributed by atoms with Gasteiger partial charge in [-0.25, -0.2) is 4.79 Å². The lowest BCUT2D eigenvalue weighted by molar-refractivity contribution is -0.385. The highest BCUT2D eigenvalue weighted by molar-refractivity contribution is 9.10. The van der Waals surface area contributed by atoms with Crippen LogP contribution in [0, 0.1) is 10.1 Å². The number of carboxylic acid groups (broad SMARTS) is 1. The van der Waals surface area contributed by atoms with Gasteiger partial charge < -0.3 is 10.0 Å². The molecule has 1 aromatic rings. The molecule has 2 rings (SSSR count). The molecule has 0 saturated carbocycles. The molecule has 1 aliphatic rings. The predicted octanol–water partition coefficient (Wildman–Crippen LogP) is 2.60. The first-order valence-electron chi connectivity index (χ1n) is 6.02. The van der Waals surface area contributed by atoms with E-state index in [1.807, 2.05) is 0 Å². The minimum absolute atomic E-state index is 0.103. The zero-order valence-corrected chi connectivity index (χ0v) is 12.8. The third-order valence-corrected chi connectivity index (χ3v) is 3.88. The van der Waals surface area contributed by atoms with Crippen LogP contribution in [0.25, 0.3) is 0 Å². The van der Waals surface area contributed by atoms with Crippen molar-refractivity contribution >= 4 is 45.0 Å². The Kier molecular flexibility index (Phi) is 3.86. The summed E-state index contributed by atoms with van der Waals surface area (Å²) in [6.45, 7) is 3.13. The standard InChI is InChI=1S/C12H12BrN3O5/c1-6-5-14(12(18)19)10-3-8(13)9(16(20)21)4-11(10)15(6)7(2)17/h3-4,6H,5H2,1-2H3,(H,18,19). The quantitative estimate of drug-likeness (QED) is 0.614. The second kappa shape index (κ2) is 5.32. The van der Waals surface area contributed by atoms with Gasteiger partial charge in [0.2, 0.25) is 5.91 Å². The number of hydrogen-bond acceptors (Lipinski definition) is 4. The van der Waals surface area contributed by atoms with Crippen molar-refractivity contribution in [2.24, 2.45) is 0 Å². The van der Waals surface area contributed by atoms with Gasteiger partial charge in [-0.05, 0) is 28.9 Å². The van der Waals surface area contributed by atoms with E-state index in [0.29, 0.717) is 0 Å². The smallest absolute Gasteiger partial charge is 0.411 e. The van der Waals surface area contributed by atoms with Crippen LogP contribution in [-0.2, 0) is 4.79 Å². The Morgan fingerprint density at radius 1 is 1.43 bits per heavy atom. The molecule has 0 aliphatic carbocycles. The molecule has 1 unspecified atom stereocenters. The van der Waals surface area contributed by atoms with Gasteiger partial charge in [0.1, 0.15) is 0 Å². The fourth-order valence-electron chi connectivity index (χ4n) is 2.43. The summed E-state index contributed by atoms with van der Waals surface area (Å²) in [6.07, 6.45) is -1.17. The zero-order valence-electron chi connectivity index (χ0n) is 11.2. The molecule has 0 fully saturated rings. The van der Waals surface area contributed by atoms with Gasteiger partial charge in [-0.1, -0.05) is 0 Å². The lowest BCUT2D eigenvalue weighted by Crippen LogP contribution is -2.51. The summed E-state index contributed by atoms with van der Waals surface area (Å²) in [7, 11) is 0. The van der Waals surface area contributed by atoms with E-state index in [9.17, 15) is 24.8 Å². The van der Waals surface area contributed by atoms with Crippen molar-refractivity contribution in [1.29, 1.82) is 0 Å². The van der Waals surface area contributed by atoms with Crippen LogP contribution in [0.1, 0.15) is 13.8 Å². The highest BCUT2D eigenvalue weighted by Gasteiger charge is 2.35. The second-order valence-electron chi connectivity index (χ2n) is 4.68. The first kappa shape index (κ1) is 15.2. The van der Waals surface area contributed by atoms with E-state index in [1.165, 1.54) is 24.0 Å². The van der Waals surface area contributed by atoms with E-state index in [2.05, 4.69) is 15.9 Å². The topological polar surface area (TPSA) is 104 Å². The third-order valence-electron chi connectivity index (χ3n) is 3.25. The first-order chi connectivity index (χ1) is 9.73. The van der Waals surface area contributed by atoms with Gasteiger partial charge in [-0.15, -0.1) is 0 Å². The normalized spacial score (nSPS) is 17.4. The lowest BCUT2D eigenvalue weighted by Gasteiger charge is -2.39. The Labute approximate surface area is 128 Å². The summed E-state index contributed by atoms with van der Waals surface area (Å²) in [5.41, 5.74) is 0.242. The number of nitro benzene ring substituents is 1. The molecule has 0 radical (unpaired) electrons. The first-order valence-corrected chi connectivity index (χ1v) is 6.81. The number of halogens is 1. The molecule has 9 heteroatoms. The monoisotopic (exact) mass is 357 g/mol. The van der Waals surface area contributed by atoms with Gasteiger partial charge in [0.25, 0.3) is 5.69 Å². The average Bonchev–Trinajstić information content (AvgIpc) is 2.36. The van der Waals surface area contributed by atoms with Crippen LogP contribution in [0.15, 0.2) is 16.6 Å². The minimum Gasteiger partial charge on any atom is -0.465 e. The number of nitrogens with zero attached hydrogens (tertiary/aromatic N) is 3. The van der Waals surface area contributed by atoms with Gasteiger partial charge in [-0.3, -0.25) is 19.8 Å². The molecule has 1 atom stereocenters. The Hall–Kier alpha value is -2.16. The Balaban J connectivity index is 2.71. The SMILES string of the molecule is CC(=O)N1c2cc([N+](=O)[O-])c(Br)cc2N(C(=O)O)CC1C. The number of anilines is 2. The van der Waals surface area contributed by atoms with Gasteiger partial charge >= 0.3 is 6.09 Å². The summed E-state index contributed by atoms with van der Waals surface area (Å²) in [4.78, 5) is 36.0. The van der Waals surface area contributed by atoms with Crippen molar-refractivity contribution < 1.29 is 19.6 Å². The van der Waals surface area contributed by atoms with Crippen molar-refractivity contribution in [2.45, 2.75) is 19.9 Å². The van der Waals surface area contributed by atoms with Gasteiger partial charge in [0.15, 0.2) is 0 Å². The zero-order chi connectivity index (χ0) is 15.9. The van der Waals surface area contributed by atoms with Crippen molar-refractivity contribution in [3.63, 3.8) is 0 Å². The minimum atomic E-state index is -1.17. The Bertz CT molecular complexity index is 648. The fourth-order valence-corrected chi connectivity index (χ4v) is 2.91. The number of rotatable bonds is 1. The summed E-state index contributed by atoms with van der Waals surface area (Å²) >= 11 is 3.06. The van der Waals surface area contributed by atoms with Crippen LogP contribution in [-0.4, -0.2) is 34.6 Å². The molecule has 0 aromatic heterocycles. The van der Waals surface area contributed by atoms with E-state index in [0.717, 1.165) is 4.90 Å². The highest BCUT2D eigenvalue weighted by atomic mass is 79.9. The van der Waals surface area contributed by atoms with Gasteiger partial charge in [0, 0.05) is 19.5 Å². The van der Waals surface area contributed by atoms with E-state index < -0.39 is 17.1 Å². The van der Waals surface area contributed by atoms with Crippen LogP contribution in [0.3, 0.4) is 0 Å². The Morgan fingerprint density at radius 2 is 2.05 bits per heavy atom. The molecule has 1 N–H and O–H groups in total. The molecule has 2 amide bonds. The van der Waals surface area contributed by atoms with E-state index >= 15 is 0 Å². The average molecular weight is 358 g/mol. The van der Waals surface area contributed by atoms with E-state index in [1.54, 1.807) is 6.92 Å². The van der Waals surface area contributed by atoms with Gasteiger partial charge in [-0.2, -0.15) is 0 Å². The molecular formula is C12H12BrN3O5. The molecule has 0 bridgehead atoms. The molecule has 1 aliphatic heterocycles. The van der Waals surface area contributed by atoms with Gasteiger partial charge in [0.05, 0.1) is 26.8 Å². The van der Waals surface area contributed by atoms with Crippen LogP contribution in [0.4, 0.5) is 21.9 Å². The van der Waals surface area contributed by atoms with Crippen LogP contribution in [0.2, 0.25) is 0 Å². The molecule has 1 aromatic carbocycles. The molecule has 0 spiro atoms. The number of benzene rings is 1. The second-order valence-corrected chi connectivity index (χ2v) is 5.54. The summed E-state index contributed by atoms with van der Waals surface area (Å²) < 4.78 is 0.163. The van der Waals surface area contributed by atoms with E-state index in [-0.39, 0.29) is 34.0 Å². The maximum Gasteiger partial charge on any atom is 0.411 e. The number of carbonyl (C=O) groups is 2. The summed E-state index contributed by atoms with van der Waals surface area (Å²) in [6, 6.07) is 2.16. The largest absolute Gasteiger partial charge is 0.465 e. The molecule has 0 saturated heterocycles.